The second-order valence-corrected chi connectivity index (χ2v) is 5.30. The van der Waals surface area contributed by atoms with Crippen molar-refractivity contribution in [1.29, 1.82) is 0 Å². The Labute approximate surface area is 111 Å². The van der Waals surface area contributed by atoms with E-state index < -0.39 is 0 Å². The lowest BCUT2D eigenvalue weighted by Crippen LogP contribution is -2.34. The highest BCUT2D eigenvalue weighted by Gasteiger charge is 2.41. The molecule has 0 saturated heterocycles. The second kappa shape index (κ2) is 4.66. The maximum absolute atomic E-state index is 11.9. The summed E-state index contributed by atoms with van der Waals surface area (Å²) in [6.45, 7) is 0.984. The van der Waals surface area contributed by atoms with Gasteiger partial charge in [0, 0.05) is 12.0 Å². The van der Waals surface area contributed by atoms with E-state index in [2.05, 4.69) is 10.3 Å². The Hall–Kier alpha value is -1.88. The van der Waals surface area contributed by atoms with Crippen molar-refractivity contribution >= 4 is 16.9 Å². The van der Waals surface area contributed by atoms with Crippen LogP contribution in [0.5, 0.6) is 0 Å². The lowest BCUT2D eigenvalue weighted by atomic mass is 10.1. The predicted octanol–water partition coefficient (Wildman–Crippen LogP) is 0.925. The van der Waals surface area contributed by atoms with Crippen LogP contribution in [-0.4, -0.2) is 33.7 Å². The molecule has 5 nitrogen and oxygen atoms in total. The summed E-state index contributed by atoms with van der Waals surface area (Å²) >= 11 is 0. The fraction of sp³-hybridized carbons (Fsp3) is 0.429. The van der Waals surface area contributed by atoms with Crippen molar-refractivity contribution in [2.24, 2.45) is 5.41 Å². The van der Waals surface area contributed by atoms with Gasteiger partial charge in [-0.05, 0) is 25.0 Å². The molecule has 1 aliphatic carbocycles. The van der Waals surface area contributed by atoms with Gasteiger partial charge in [0.1, 0.15) is 6.54 Å². The fourth-order valence-electron chi connectivity index (χ4n) is 2.20. The minimum atomic E-state index is -0.0489. The normalized spacial score (nSPS) is 16.5. The van der Waals surface area contributed by atoms with Crippen LogP contribution in [0.3, 0.4) is 0 Å². The number of amides is 1. The molecule has 1 aliphatic rings. The zero-order chi connectivity index (χ0) is 13.3. The van der Waals surface area contributed by atoms with Gasteiger partial charge in [0.15, 0.2) is 0 Å². The number of aromatic nitrogens is 2. The molecule has 0 atom stereocenters. The average Bonchev–Trinajstić information content (AvgIpc) is 3.13. The number of benzene rings is 1. The van der Waals surface area contributed by atoms with E-state index in [4.69, 9.17) is 0 Å². The van der Waals surface area contributed by atoms with Gasteiger partial charge in [-0.2, -0.15) is 0 Å². The Morgan fingerprint density at radius 3 is 2.95 bits per heavy atom. The topological polar surface area (TPSA) is 67.2 Å². The van der Waals surface area contributed by atoms with E-state index >= 15 is 0 Å². The highest BCUT2D eigenvalue weighted by molar-refractivity contribution is 5.80. The number of hydrogen-bond donors (Lipinski definition) is 2. The molecule has 0 unspecified atom stereocenters. The lowest BCUT2D eigenvalue weighted by molar-refractivity contribution is -0.121. The van der Waals surface area contributed by atoms with Gasteiger partial charge >= 0.3 is 0 Å². The van der Waals surface area contributed by atoms with Crippen molar-refractivity contribution in [3.63, 3.8) is 0 Å². The molecule has 19 heavy (non-hydrogen) atoms. The molecule has 0 bridgehead atoms. The van der Waals surface area contributed by atoms with Gasteiger partial charge in [-0.1, -0.05) is 12.1 Å². The summed E-state index contributed by atoms with van der Waals surface area (Å²) < 4.78 is 1.84. The van der Waals surface area contributed by atoms with Gasteiger partial charge in [-0.15, -0.1) is 0 Å². The van der Waals surface area contributed by atoms with E-state index in [9.17, 15) is 9.90 Å². The Morgan fingerprint density at radius 2 is 2.21 bits per heavy atom. The molecule has 1 saturated carbocycles. The molecule has 0 radical (unpaired) electrons. The SMILES string of the molecule is O=C(Cn1cnc2ccccc21)NCC1(CO)CC1. The molecule has 3 rings (SSSR count). The second-order valence-electron chi connectivity index (χ2n) is 5.30. The summed E-state index contributed by atoms with van der Waals surface area (Å²) in [4.78, 5) is 16.2. The fourth-order valence-corrected chi connectivity index (χ4v) is 2.20. The molecule has 2 N–H and O–H groups in total. The Bertz CT molecular complexity index is 602. The van der Waals surface area contributed by atoms with Crippen molar-refractivity contribution in [3.8, 4) is 0 Å². The maximum atomic E-state index is 11.9. The maximum Gasteiger partial charge on any atom is 0.240 e. The van der Waals surface area contributed by atoms with E-state index in [0.717, 1.165) is 23.9 Å². The molecule has 1 fully saturated rings. The van der Waals surface area contributed by atoms with Crippen LogP contribution in [0.15, 0.2) is 30.6 Å². The van der Waals surface area contributed by atoms with Gasteiger partial charge in [0.05, 0.1) is 24.0 Å². The number of nitrogens with one attached hydrogen (secondary N) is 1. The van der Waals surface area contributed by atoms with Gasteiger partial charge < -0.3 is 15.0 Å². The van der Waals surface area contributed by atoms with E-state index in [0.29, 0.717) is 6.54 Å². The van der Waals surface area contributed by atoms with Crippen LogP contribution in [0.25, 0.3) is 11.0 Å². The van der Waals surface area contributed by atoms with Crippen molar-refractivity contribution in [3.05, 3.63) is 30.6 Å². The molecule has 1 heterocycles. The molecule has 2 aromatic rings. The van der Waals surface area contributed by atoms with Crippen LogP contribution in [0.1, 0.15) is 12.8 Å². The molecule has 1 aromatic heterocycles. The largest absolute Gasteiger partial charge is 0.396 e. The van der Waals surface area contributed by atoms with Crippen LogP contribution in [0.4, 0.5) is 0 Å². The molecular weight excluding hydrogens is 242 g/mol. The van der Waals surface area contributed by atoms with Crippen LogP contribution in [0, 0.1) is 5.41 Å². The summed E-state index contributed by atoms with van der Waals surface area (Å²) in [6.07, 6.45) is 3.68. The summed E-state index contributed by atoms with van der Waals surface area (Å²) in [5.74, 6) is -0.0390. The first-order valence-electron chi connectivity index (χ1n) is 6.50. The zero-order valence-corrected chi connectivity index (χ0v) is 10.7. The zero-order valence-electron chi connectivity index (χ0n) is 10.7. The molecule has 0 spiro atoms. The molecule has 1 aromatic carbocycles. The first-order chi connectivity index (χ1) is 9.22. The highest BCUT2D eigenvalue weighted by Crippen LogP contribution is 2.44. The summed E-state index contributed by atoms with van der Waals surface area (Å²) in [6, 6.07) is 7.74. The van der Waals surface area contributed by atoms with Crippen LogP contribution in [0.2, 0.25) is 0 Å². The standard InChI is InChI=1S/C14H17N3O2/c18-9-14(5-6-14)8-15-13(19)7-17-10-16-11-3-1-2-4-12(11)17/h1-4,10,18H,5-9H2,(H,15,19). The number of nitrogens with zero attached hydrogens (tertiary/aromatic N) is 2. The highest BCUT2D eigenvalue weighted by atomic mass is 16.3. The minimum Gasteiger partial charge on any atom is -0.396 e. The monoisotopic (exact) mass is 259 g/mol. The average molecular weight is 259 g/mol. The Morgan fingerprint density at radius 1 is 1.42 bits per heavy atom. The van der Waals surface area contributed by atoms with E-state index in [-0.39, 0.29) is 24.5 Å². The molecule has 100 valence electrons. The lowest BCUT2D eigenvalue weighted by Gasteiger charge is -2.13. The number of aliphatic hydroxyl groups excluding tert-OH is 1. The summed E-state index contributed by atoms with van der Waals surface area (Å²) in [5, 5.41) is 12.1. The predicted molar refractivity (Wildman–Crippen MR) is 71.5 cm³/mol. The van der Waals surface area contributed by atoms with Crippen LogP contribution < -0.4 is 5.32 Å². The van der Waals surface area contributed by atoms with Gasteiger partial charge in [-0.3, -0.25) is 4.79 Å². The van der Waals surface area contributed by atoms with Gasteiger partial charge in [-0.25, -0.2) is 4.98 Å². The molecule has 1 amide bonds. The number of rotatable bonds is 5. The third-order valence-corrected chi connectivity index (χ3v) is 3.79. The first-order valence-corrected chi connectivity index (χ1v) is 6.50. The number of hydrogen-bond acceptors (Lipinski definition) is 3. The van der Waals surface area contributed by atoms with Gasteiger partial charge in [0.2, 0.25) is 5.91 Å². The quantitative estimate of drug-likeness (QED) is 0.839. The smallest absolute Gasteiger partial charge is 0.240 e. The number of imidazole rings is 1. The van der Waals surface area contributed by atoms with Crippen molar-refractivity contribution in [1.82, 2.24) is 14.9 Å². The Kier molecular flexibility index (Phi) is 2.98. The number of para-hydroxylation sites is 2. The number of fused-ring (bicyclic) bond motifs is 1. The van der Waals surface area contributed by atoms with E-state index in [1.807, 2.05) is 28.8 Å². The van der Waals surface area contributed by atoms with Crippen molar-refractivity contribution < 1.29 is 9.90 Å². The first kappa shape index (κ1) is 12.2. The third-order valence-electron chi connectivity index (χ3n) is 3.79. The summed E-state index contributed by atoms with van der Waals surface area (Å²) in [7, 11) is 0. The van der Waals surface area contributed by atoms with Crippen molar-refractivity contribution in [2.75, 3.05) is 13.2 Å². The van der Waals surface area contributed by atoms with Crippen LogP contribution in [-0.2, 0) is 11.3 Å². The summed E-state index contributed by atoms with van der Waals surface area (Å²) in [5.41, 5.74) is 1.80. The molecule has 0 aliphatic heterocycles. The number of carbonyl (C=O) groups excluding carboxylic acids is 1. The van der Waals surface area contributed by atoms with E-state index in [1.165, 1.54) is 0 Å². The van der Waals surface area contributed by atoms with E-state index in [1.54, 1.807) is 6.33 Å². The van der Waals surface area contributed by atoms with Crippen molar-refractivity contribution in [2.45, 2.75) is 19.4 Å². The van der Waals surface area contributed by atoms with Gasteiger partial charge in [0.25, 0.3) is 0 Å². The molecular formula is C14H17N3O2. The molecule has 5 heteroatoms. The third kappa shape index (κ3) is 2.46. The number of aliphatic hydroxyl groups is 1. The Balaban J connectivity index is 1.63. The minimum absolute atomic E-state index is 0.0390. The van der Waals surface area contributed by atoms with Crippen LogP contribution >= 0.6 is 0 Å². The number of carbonyl (C=O) groups is 1.